The van der Waals surface area contributed by atoms with Gasteiger partial charge in [0.2, 0.25) is 15.9 Å². The number of benzene rings is 2. The first-order valence-electron chi connectivity index (χ1n) is 9.56. The van der Waals surface area contributed by atoms with Crippen LogP contribution in [-0.4, -0.2) is 51.4 Å². The molecule has 1 aliphatic heterocycles. The van der Waals surface area contributed by atoms with Gasteiger partial charge in [-0.3, -0.25) is 4.79 Å². The number of piperazine rings is 1. The summed E-state index contributed by atoms with van der Waals surface area (Å²) >= 11 is 6.12. The summed E-state index contributed by atoms with van der Waals surface area (Å²) in [6.07, 6.45) is 0. The predicted octanol–water partition coefficient (Wildman–Crippen LogP) is 2.97. The fraction of sp³-hybridized carbons (Fsp3) is 0.381. The predicted molar refractivity (Wildman–Crippen MR) is 116 cm³/mol. The lowest BCUT2D eigenvalue weighted by atomic mass is 10.1. The van der Waals surface area contributed by atoms with E-state index in [0.29, 0.717) is 31.2 Å². The zero-order chi connectivity index (χ0) is 21.2. The number of sulfonamides is 1. The average Bonchev–Trinajstić information content (AvgIpc) is 2.69. The van der Waals surface area contributed by atoms with Gasteiger partial charge in [-0.2, -0.15) is 4.72 Å². The molecular weight excluding hydrogens is 410 g/mol. The highest BCUT2D eigenvalue weighted by Gasteiger charge is 2.28. The smallest absolute Gasteiger partial charge is 0.241 e. The van der Waals surface area contributed by atoms with Crippen molar-refractivity contribution < 1.29 is 13.2 Å². The number of amides is 1. The molecule has 0 spiro atoms. The van der Waals surface area contributed by atoms with E-state index in [1.54, 1.807) is 36.1 Å². The van der Waals surface area contributed by atoms with Crippen LogP contribution in [0.2, 0.25) is 5.02 Å². The molecule has 0 saturated carbocycles. The molecule has 0 radical (unpaired) electrons. The first-order chi connectivity index (χ1) is 13.7. The Morgan fingerprint density at radius 3 is 2.28 bits per heavy atom. The van der Waals surface area contributed by atoms with Crippen molar-refractivity contribution >= 4 is 33.2 Å². The number of aryl methyl sites for hydroxylation is 2. The normalized spacial score (nSPS) is 16.0. The van der Waals surface area contributed by atoms with Gasteiger partial charge in [0.1, 0.15) is 0 Å². The summed E-state index contributed by atoms with van der Waals surface area (Å²) in [5, 5.41) is 0.684. The Morgan fingerprint density at radius 1 is 1.03 bits per heavy atom. The Labute approximate surface area is 177 Å². The molecular formula is C21H26ClN3O3S. The van der Waals surface area contributed by atoms with Gasteiger partial charge in [0.25, 0.3) is 0 Å². The topological polar surface area (TPSA) is 69.7 Å². The highest BCUT2D eigenvalue weighted by atomic mass is 35.5. The SMILES string of the molecule is Cc1ccc(S(=O)(=O)N[C@H](C)C(=O)N2CCN(c3cc(Cl)ccc3C)CC2)cc1. The van der Waals surface area contributed by atoms with Crippen molar-refractivity contribution in [3.63, 3.8) is 0 Å². The van der Waals surface area contributed by atoms with E-state index in [9.17, 15) is 13.2 Å². The minimum Gasteiger partial charge on any atom is -0.368 e. The molecule has 1 saturated heterocycles. The largest absolute Gasteiger partial charge is 0.368 e. The minimum absolute atomic E-state index is 0.156. The van der Waals surface area contributed by atoms with Crippen molar-refractivity contribution in [1.29, 1.82) is 0 Å². The van der Waals surface area contributed by atoms with Gasteiger partial charge in [0, 0.05) is 36.9 Å². The molecule has 0 aliphatic carbocycles. The highest BCUT2D eigenvalue weighted by molar-refractivity contribution is 7.89. The van der Waals surface area contributed by atoms with Crippen LogP contribution >= 0.6 is 11.6 Å². The number of carbonyl (C=O) groups excluding carboxylic acids is 1. The lowest BCUT2D eigenvalue weighted by molar-refractivity contribution is -0.132. The van der Waals surface area contributed by atoms with E-state index in [1.807, 2.05) is 32.0 Å². The number of anilines is 1. The van der Waals surface area contributed by atoms with Gasteiger partial charge >= 0.3 is 0 Å². The second-order valence-electron chi connectivity index (χ2n) is 7.40. The monoisotopic (exact) mass is 435 g/mol. The first-order valence-corrected chi connectivity index (χ1v) is 11.4. The third kappa shape index (κ3) is 5.10. The van der Waals surface area contributed by atoms with Crippen molar-refractivity contribution in [2.75, 3.05) is 31.1 Å². The molecule has 6 nitrogen and oxygen atoms in total. The van der Waals surface area contributed by atoms with Crippen molar-refractivity contribution in [1.82, 2.24) is 9.62 Å². The molecule has 1 aliphatic rings. The van der Waals surface area contributed by atoms with Gasteiger partial charge in [-0.1, -0.05) is 35.4 Å². The van der Waals surface area contributed by atoms with Crippen molar-refractivity contribution in [3.05, 3.63) is 58.6 Å². The lowest BCUT2D eigenvalue weighted by Gasteiger charge is -2.37. The van der Waals surface area contributed by atoms with E-state index >= 15 is 0 Å². The third-order valence-electron chi connectivity index (χ3n) is 5.14. The number of nitrogens with zero attached hydrogens (tertiary/aromatic N) is 2. The summed E-state index contributed by atoms with van der Waals surface area (Å²) in [7, 11) is -3.75. The van der Waals surface area contributed by atoms with Crippen LogP contribution in [0.25, 0.3) is 0 Å². The van der Waals surface area contributed by atoms with E-state index in [0.717, 1.165) is 16.8 Å². The molecule has 1 atom stereocenters. The maximum Gasteiger partial charge on any atom is 0.241 e. The summed E-state index contributed by atoms with van der Waals surface area (Å²) in [5.41, 5.74) is 3.17. The van der Waals surface area contributed by atoms with Crippen molar-refractivity contribution in [2.45, 2.75) is 31.7 Å². The molecule has 3 rings (SSSR count). The zero-order valence-electron chi connectivity index (χ0n) is 16.9. The molecule has 8 heteroatoms. The lowest BCUT2D eigenvalue weighted by Crippen LogP contribution is -2.54. The van der Waals surface area contributed by atoms with E-state index in [4.69, 9.17) is 11.6 Å². The minimum atomic E-state index is -3.75. The van der Waals surface area contributed by atoms with Gasteiger partial charge < -0.3 is 9.80 Å². The molecule has 1 N–H and O–H groups in total. The molecule has 1 amide bonds. The molecule has 156 valence electrons. The van der Waals surface area contributed by atoms with Gasteiger partial charge in [-0.25, -0.2) is 8.42 Å². The maximum atomic E-state index is 12.8. The number of hydrogen-bond donors (Lipinski definition) is 1. The molecule has 1 heterocycles. The summed E-state index contributed by atoms with van der Waals surface area (Å²) in [5.74, 6) is -0.219. The van der Waals surface area contributed by atoms with Crippen LogP contribution in [0, 0.1) is 13.8 Å². The molecule has 0 unspecified atom stereocenters. The van der Waals surface area contributed by atoms with Crippen LogP contribution in [0.5, 0.6) is 0 Å². The number of rotatable bonds is 5. The van der Waals surface area contributed by atoms with Crippen LogP contribution in [-0.2, 0) is 14.8 Å². The van der Waals surface area contributed by atoms with E-state index in [2.05, 4.69) is 9.62 Å². The quantitative estimate of drug-likeness (QED) is 0.783. The Bertz CT molecular complexity index is 985. The van der Waals surface area contributed by atoms with Crippen LogP contribution in [0.3, 0.4) is 0 Å². The maximum absolute atomic E-state index is 12.8. The first kappa shape index (κ1) is 21.6. The summed E-state index contributed by atoms with van der Waals surface area (Å²) in [6.45, 7) is 7.91. The average molecular weight is 436 g/mol. The molecule has 2 aromatic rings. The van der Waals surface area contributed by atoms with E-state index in [1.165, 1.54) is 0 Å². The van der Waals surface area contributed by atoms with Crippen LogP contribution in [0.1, 0.15) is 18.1 Å². The molecule has 0 bridgehead atoms. The fourth-order valence-electron chi connectivity index (χ4n) is 3.43. The number of carbonyl (C=O) groups is 1. The molecule has 29 heavy (non-hydrogen) atoms. The Kier molecular flexibility index (Phi) is 6.51. The summed E-state index contributed by atoms with van der Waals surface area (Å²) < 4.78 is 27.6. The van der Waals surface area contributed by atoms with Crippen LogP contribution in [0.4, 0.5) is 5.69 Å². The second-order valence-corrected chi connectivity index (χ2v) is 9.55. The van der Waals surface area contributed by atoms with Crippen LogP contribution in [0.15, 0.2) is 47.4 Å². The number of hydrogen-bond acceptors (Lipinski definition) is 4. The zero-order valence-corrected chi connectivity index (χ0v) is 18.4. The number of nitrogens with one attached hydrogen (secondary N) is 1. The Morgan fingerprint density at radius 2 is 1.66 bits per heavy atom. The van der Waals surface area contributed by atoms with Crippen molar-refractivity contribution in [3.8, 4) is 0 Å². The summed E-state index contributed by atoms with van der Waals surface area (Å²) in [4.78, 5) is 16.8. The van der Waals surface area contributed by atoms with Gasteiger partial charge in [-0.15, -0.1) is 0 Å². The second kappa shape index (κ2) is 8.73. The van der Waals surface area contributed by atoms with Gasteiger partial charge in [0.05, 0.1) is 10.9 Å². The van der Waals surface area contributed by atoms with Crippen LogP contribution < -0.4 is 9.62 Å². The molecule has 1 fully saturated rings. The highest BCUT2D eigenvalue weighted by Crippen LogP contribution is 2.25. The number of halogens is 1. The van der Waals surface area contributed by atoms with Gasteiger partial charge in [-0.05, 0) is 50.6 Å². The van der Waals surface area contributed by atoms with E-state index in [-0.39, 0.29) is 10.8 Å². The fourth-order valence-corrected chi connectivity index (χ4v) is 4.80. The van der Waals surface area contributed by atoms with Crippen molar-refractivity contribution in [2.24, 2.45) is 0 Å². The Hall–Kier alpha value is -2.09. The van der Waals surface area contributed by atoms with Gasteiger partial charge in [0.15, 0.2) is 0 Å². The van der Waals surface area contributed by atoms with E-state index < -0.39 is 16.1 Å². The summed E-state index contributed by atoms with van der Waals surface area (Å²) in [6, 6.07) is 11.5. The molecule has 2 aromatic carbocycles. The standard InChI is InChI=1S/C21H26ClN3O3S/c1-15-4-8-19(9-5-15)29(27,28)23-17(3)21(26)25-12-10-24(11-13-25)20-14-18(22)7-6-16(20)2/h4-9,14,17,23H,10-13H2,1-3H3/t17-/m1/s1. The molecule has 0 aromatic heterocycles. The third-order valence-corrected chi connectivity index (χ3v) is 6.93. The Balaban J connectivity index is 1.61.